The van der Waals surface area contributed by atoms with Crippen LogP contribution in [0.1, 0.15) is 25.8 Å². The summed E-state index contributed by atoms with van der Waals surface area (Å²) in [6, 6.07) is 14.7. The molecule has 2 N–H and O–H groups in total. The molecule has 3 rings (SSSR count). The van der Waals surface area contributed by atoms with Gasteiger partial charge in [0.25, 0.3) is 0 Å². The number of hydrazine groups is 1. The number of methoxy groups -OCH3 is 1. The van der Waals surface area contributed by atoms with Crippen LogP contribution in [0.2, 0.25) is 5.02 Å². The summed E-state index contributed by atoms with van der Waals surface area (Å²) in [5, 5.41) is 5.41. The molecular weight excluding hydrogens is 432 g/mol. The molecular formula is C23H29ClN4O4. The zero-order valence-electron chi connectivity index (χ0n) is 18.5. The summed E-state index contributed by atoms with van der Waals surface area (Å²) in [6.45, 7) is 4.99. The summed E-state index contributed by atoms with van der Waals surface area (Å²) >= 11 is 5.99. The lowest BCUT2D eigenvalue weighted by Crippen LogP contribution is -2.45. The van der Waals surface area contributed by atoms with Gasteiger partial charge in [0.05, 0.1) is 32.7 Å². The number of nitrogens with one attached hydrogen (secondary N) is 2. The zero-order chi connectivity index (χ0) is 23.1. The average molecular weight is 461 g/mol. The van der Waals surface area contributed by atoms with Crippen LogP contribution < -0.4 is 15.5 Å². The van der Waals surface area contributed by atoms with Gasteiger partial charge in [-0.15, -0.1) is 0 Å². The van der Waals surface area contributed by atoms with Crippen LogP contribution in [0.5, 0.6) is 5.75 Å². The van der Waals surface area contributed by atoms with Crippen LogP contribution in [0, 0.1) is 5.92 Å². The third-order valence-electron chi connectivity index (χ3n) is 5.02. The number of anilines is 1. The van der Waals surface area contributed by atoms with Gasteiger partial charge >= 0.3 is 12.0 Å². The van der Waals surface area contributed by atoms with E-state index in [0.717, 1.165) is 23.4 Å². The van der Waals surface area contributed by atoms with Gasteiger partial charge in [-0.05, 0) is 48.4 Å². The van der Waals surface area contributed by atoms with Gasteiger partial charge in [0.2, 0.25) is 0 Å². The van der Waals surface area contributed by atoms with E-state index in [1.54, 1.807) is 24.0 Å². The lowest BCUT2D eigenvalue weighted by molar-refractivity contribution is -0.145. The van der Waals surface area contributed by atoms with E-state index < -0.39 is 12.2 Å². The van der Waals surface area contributed by atoms with Crippen molar-refractivity contribution < 1.29 is 19.1 Å². The summed E-state index contributed by atoms with van der Waals surface area (Å²) in [4.78, 5) is 26.7. The first kappa shape index (κ1) is 23.7. The predicted octanol–water partition coefficient (Wildman–Crippen LogP) is 4.08. The maximum atomic E-state index is 13.1. The molecule has 0 bridgehead atoms. The molecule has 8 nitrogen and oxygen atoms in total. The number of benzene rings is 2. The summed E-state index contributed by atoms with van der Waals surface area (Å²) in [5.74, 6) is -0.0510. The zero-order valence-corrected chi connectivity index (χ0v) is 19.3. The Kier molecular flexibility index (Phi) is 8.19. The minimum Gasteiger partial charge on any atom is -0.494 e. The van der Waals surface area contributed by atoms with Crippen molar-refractivity contribution in [3.8, 4) is 5.75 Å². The minimum atomic E-state index is -0.509. The molecule has 0 saturated carbocycles. The van der Waals surface area contributed by atoms with E-state index in [1.807, 2.05) is 36.4 Å². The first-order chi connectivity index (χ1) is 15.4. The van der Waals surface area contributed by atoms with E-state index in [4.69, 9.17) is 21.1 Å². The quantitative estimate of drug-likeness (QED) is 0.520. The van der Waals surface area contributed by atoms with Crippen molar-refractivity contribution in [3.63, 3.8) is 0 Å². The summed E-state index contributed by atoms with van der Waals surface area (Å²) in [6.07, 6.45) is 0.429. The molecule has 2 aromatic rings. The highest BCUT2D eigenvalue weighted by Gasteiger charge is 2.38. The number of carbonyl (C=O) groups excluding carboxylic acids is 2. The number of esters is 1. The maximum absolute atomic E-state index is 13.1. The molecule has 1 saturated heterocycles. The highest BCUT2D eigenvalue weighted by atomic mass is 35.5. The third-order valence-corrected chi connectivity index (χ3v) is 5.28. The van der Waals surface area contributed by atoms with Crippen molar-refractivity contribution in [2.45, 2.75) is 33.1 Å². The van der Waals surface area contributed by atoms with E-state index in [1.165, 1.54) is 12.1 Å². The van der Waals surface area contributed by atoms with Gasteiger partial charge in [-0.1, -0.05) is 37.6 Å². The first-order valence-electron chi connectivity index (χ1n) is 10.6. The molecule has 9 heteroatoms. The number of hydrogen-bond acceptors (Lipinski definition) is 6. The SMILES string of the molecule is CCCOc1ccc(NC2NN(C[C@H](C)C(=O)OC)C(=O)N2Cc2ccc(Cl)cc2)cc1. The van der Waals surface area contributed by atoms with Crippen molar-refractivity contribution in [1.29, 1.82) is 0 Å². The number of nitrogens with zero attached hydrogens (tertiary/aromatic N) is 2. The third kappa shape index (κ3) is 6.05. The van der Waals surface area contributed by atoms with Gasteiger partial charge in [-0.25, -0.2) is 4.79 Å². The lowest BCUT2D eigenvalue weighted by atomic mass is 10.2. The molecule has 2 amide bonds. The van der Waals surface area contributed by atoms with Gasteiger partial charge < -0.3 is 14.8 Å². The van der Waals surface area contributed by atoms with Crippen LogP contribution in [0.3, 0.4) is 0 Å². The monoisotopic (exact) mass is 460 g/mol. The number of ether oxygens (including phenoxy) is 2. The van der Waals surface area contributed by atoms with Crippen molar-refractivity contribution in [2.75, 3.05) is 25.6 Å². The highest BCUT2D eigenvalue weighted by Crippen LogP contribution is 2.22. The van der Waals surface area contributed by atoms with Crippen molar-refractivity contribution >= 4 is 29.3 Å². The molecule has 0 radical (unpaired) electrons. The predicted molar refractivity (Wildman–Crippen MR) is 123 cm³/mol. The van der Waals surface area contributed by atoms with Crippen LogP contribution in [0.15, 0.2) is 48.5 Å². The Labute approximate surface area is 193 Å². The average Bonchev–Trinajstić information content (AvgIpc) is 3.08. The fourth-order valence-electron chi connectivity index (χ4n) is 3.30. The molecule has 0 spiro atoms. The number of urea groups is 1. The number of amides is 2. The summed E-state index contributed by atoms with van der Waals surface area (Å²) in [7, 11) is 1.34. The Morgan fingerprint density at radius 3 is 2.50 bits per heavy atom. The molecule has 0 aromatic heterocycles. The smallest absolute Gasteiger partial charge is 0.337 e. The van der Waals surface area contributed by atoms with Gasteiger partial charge in [0.1, 0.15) is 5.75 Å². The molecule has 32 heavy (non-hydrogen) atoms. The molecule has 1 aliphatic rings. The number of halogens is 1. The fraction of sp³-hybridized carbons (Fsp3) is 0.391. The largest absolute Gasteiger partial charge is 0.494 e. The normalized spacial score (nSPS) is 16.8. The number of hydrogen-bond donors (Lipinski definition) is 2. The van der Waals surface area contributed by atoms with Crippen LogP contribution >= 0.6 is 11.6 Å². The molecule has 172 valence electrons. The Balaban J connectivity index is 1.75. The van der Waals surface area contributed by atoms with E-state index in [0.29, 0.717) is 18.2 Å². The number of carbonyl (C=O) groups is 2. The van der Waals surface area contributed by atoms with Crippen molar-refractivity contribution in [2.24, 2.45) is 5.92 Å². The molecule has 2 aromatic carbocycles. The molecule has 2 atom stereocenters. The fourth-order valence-corrected chi connectivity index (χ4v) is 3.43. The van der Waals surface area contributed by atoms with E-state index in [-0.39, 0.29) is 18.5 Å². The topological polar surface area (TPSA) is 83.1 Å². The molecule has 1 aliphatic heterocycles. The van der Waals surface area contributed by atoms with Crippen molar-refractivity contribution in [1.82, 2.24) is 15.3 Å². The lowest BCUT2D eigenvalue weighted by Gasteiger charge is -2.24. The summed E-state index contributed by atoms with van der Waals surface area (Å²) < 4.78 is 10.4. The van der Waals surface area contributed by atoms with Gasteiger partial charge in [0, 0.05) is 10.7 Å². The maximum Gasteiger partial charge on any atom is 0.337 e. The molecule has 1 heterocycles. The van der Waals surface area contributed by atoms with Gasteiger partial charge in [-0.3, -0.25) is 14.7 Å². The van der Waals surface area contributed by atoms with Crippen LogP contribution in [0.25, 0.3) is 0 Å². The van der Waals surface area contributed by atoms with Gasteiger partial charge in [-0.2, -0.15) is 5.43 Å². The van der Waals surface area contributed by atoms with Crippen molar-refractivity contribution in [3.05, 3.63) is 59.1 Å². The molecule has 1 unspecified atom stereocenters. The second-order valence-electron chi connectivity index (χ2n) is 7.62. The van der Waals surface area contributed by atoms with Crippen LogP contribution in [-0.4, -0.2) is 48.5 Å². The van der Waals surface area contributed by atoms with E-state index in [9.17, 15) is 9.59 Å². The standard InChI is InChI=1S/C23H29ClN4O4/c1-4-13-32-20-11-9-19(10-12-20)25-22-26-28(14-16(2)21(29)31-3)23(30)27(22)15-17-5-7-18(24)8-6-17/h5-12,16,22,25-26H,4,13-15H2,1-3H3/t16-,22?/m0/s1. The Hall–Kier alpha value is -2.97. The highest BCUT2D eigenvalue weighted by molar-refractivity contribution is 6.30. The van der Waals surface area contributed by atoms with Crippen LogP contribution in [-0.2, 0) is 16.1 Å². The van der Waals surface area contributed by atoms with E-state index in [2.05, 4.69) is 17.7 Å². The van der Waals surface area contributed by atoms with Crippen LogP contribution in [0.4, 0.5) is 10.5 Å². The van der Waals surface area contributed by atoms with E-state index >= 15 is 0 Å². The van der Waals surface area contributed by atoms with Gasteiger partial charge in [0.15, 0.2) is 6.29 Å². The Morgan fingerprint density at radius 1 is 1.19 bits per heavy atom. The molecule has 1 fully saturated rings. The molecule has 0 aliphatic carbocycles. The first-order valence-corrected chi connectivity index (χ1v) is 10.9. The minimum absolute atomic E-state index is 0.185. The Bertz CT molecular complexity index is 907. The number of rotatable bonds is 10. The Morgan fingerprint density at radius 2 is 1.88 bits per heavy atom. The second-order valence-corrected chi connectivity index (χ2v) is 8.06. The second kappa shape index (κ2) is 11.1. The summed E-state index contributed by atoms with van der Waals surface area (Å²) in [5.41, 5.74) is 4.92.